The summed E-state index contributed by atoms with van der Waals surface area (Å²) < 4.78 is 57.5. The number of rotatable bonds is 18. The first-order valence-corrected chi connectivity index (χ1v) is 25.3. The number of sulfonamides is 2. The third-order valence-corrected chi connectivity index (χ3v) is 15.4. The number of nitrogens with one attached hydrogen (secondary N) is 2. The SMILES string of the molecule is CN(C)CCNS(=O)(=O)c1ccc2c3c(cc([N+](=O)[O-])c2c1)N(C(=O)C=Cc1cccc(C=CC(=O)N2CC(CCl)c4c2cc([N+](=O)[O-])c2cc(S(=O)(=O)NCCN(C)C)ccc42)c1)CC3CCl. The number of hydrogen-bond acceptors (Lipinski definition) is 12. The van der Waals surface area contributed by atoms with Crippen LogP contribution in [0, 0.1) is 20.2 Å². The largest absolute Gasteiger partial charge is 0.308 e. The molecule has 7 rings (SSSR count). The van der Waals surface area contributed by atoms with Gasteiger partial charge < -0.3 is 19.6 Å². The number of anilines is 2. The zero-order chi connectivity index (χ0) is 49.2. The van der Waals surface area contributed by atoms with Gasteiger partial charge in [0.1, 0.15) is 0 Å². The number of amides is 2. The van der Waals surface area contributed by atoms with Crippen molar-refractivity contribution in [3.05, 3.63) is 127 Å². The van der Waals surface area contributed by atoms with Crippen LogP contribution in [0.25, 0.3) is 33.7 Å². The van der Waals surface area contributed by atoms with Crippen LogP contribution in [-0.4, -0.2) is 128 Å². The van der Waals surface area contributed by atoms with Crippen molar-refractivity contribution in [3.8, 4) is 0 Å². The molecule has 0 fully saturated rings. The number of carbonyl (C=O) groups excluding carboxylic acids is 2. The smallest absolute Gasteiger partial charge is 0.279 e. The zero-order valence-corrected chi connectivity index (χ0v) is 40.5. The first-order chi connectivity index (χ1) is 32.2. The summed E-state index contributed by atoms with van der Waals surface area (Å²) >= 11 is 12.8. The van der Waals surface area contributed by atoms with Crippen LogP contribution in [0.1, 0.15) is 34.1 Å². The minimum atomic E-state index is -3.99. The lowest BCUT2D eigenvalue weighted by Crippen LogP contribution is -2.31. The second-order valence-corrected chi connectivity index (χ2v) is 21.1. The molecule has 0 saturated heterocycles. The predicted octanol–water partition coefficient (Wildman–Crippen LogP) is 6.25. The average Bonchev–Trinajstić information content (AvgIpc) is 3.87. The molecule has 2 heterocycles. The molecule has 5 aromatic rings. The van der Waals surface area contributed by atoms with Crippen molar-refractivity contribution in [2.24, 2.45) is 0 Å². The second-order valence-electron chi connectivity index (χ2n) is 16.9. The van der Waals surface area contributed by atoms with Crippen LogP contribution in [0.5, 0.6) is 0 Å². The van der Waals surface area contributed by atoms with Crippen LogP contribution in [0.15, 0.2) is 94.7 Å². The van der Waals surface area contributed by atoms with Crippen LogP contribution in [0.2, 0.25) is 0 Å². The molecule has 2 aliphatic rings. The first kappa shape index (κ1) is 50.0. The number of non-ortho nitro benzene ring substituents is 2. The van der Waals surface area contributed by atoms with Gasteiger partial charge in [-0.3, -0.25) is 29.8 Å². The Morgan fingerprint density at radius 1 is 0.647 bits per heavy atom. The minimum absolute atomic E-state index is 0.0819. The molecule has 2 N–H and O–H groups in total. The molecule has 2 amide bonds. The van der Waals surface area contributed by atoms with Crippen molar-refractivity contribution in [2.75, 3.05) is 89.0 Å². The van der Waals surface area contributed by atoms with Crippen LogP contribution >= 0.6 is 23.2 Å². The van der Waals surface area contributed by atoms with E-state index >= 15 is 0 Å². The summed E-state index contributed by atoms with van der Waals surface area (Å²) in [5, 5.41) is 25.9. The van der Waals surface area contributed by atoms with Gasteiger partial charge in [0.25, 0.3) is 23.2 Å². The maximum atomic E-state index is 13.8. The fourth-order valence-electron chi connectivity index (χ4n) is 8.47. The molecule has 2 aliphatic heterocycles. The van der Waals surface area contributed by atoms with Crippen LogP contribution in [0.3, 0.4) is 0 Å². The minimum Gasteiger partial charge on any atom is -0.308 e. The number of nitrogens with zero attached hydrogens (tertiary/aromatic N) is 6. The summed E-state index contributed by atoms with van der Waals surface area (Å²) in [6.45, 7) is 1.40. The number of nitro groups is 2. The Morgan fingerprint density at radius 2 is 1.04 bits per heavy atom. The van der Waals surface area contributed by atoms with E-state index in [9.17, 15) is 46.7 Å². The van der Waals surface area contributed by atoms with E-state index in [0.29, 0.717) is 57.5 Å². The third kappa shape index (κ3) is 10.4. The van der Waals surface area contributed by atoms with E-state index in [4.69, 9.17) is 23.2 Å². The highest BCUT2D eigenvalue weighted by Gasteiger charge is 2.38. The third-order valence-electron chi connectivity index (χ3n) is 11.8. The van der Waals surface area contributed by atoms with E-state index in [1.807, 2.05) is 9.80 Å². The molecule has 0 spiro atoms. The zero-order valence-electron chi connectivity index (χ0n) is 37.4. The molecule has 2 unspecified atom stereocenters. The Balaban J connectivity index is 1.12. The molecule has 358 valence electrons. The summed E-state index contributed by atoms with van der Waals surface area (Å²) in [6, 6.07) is 17.8. The maximum Gasteiger partial charge on any atom is 0.279 e. The Bertz CT molecular complexity index is 2940. The molecule has 68 heavy (non-hydrogen) atoms. The quantitative estimate of drug-likeness (QED) is 0.0430. The Kier molecular flexibility index (Phi) is 15.0. The molecule has 18 nitrogen and oxygen atoms in total. The van der Waals surface area contributed by atoms with E-state index in [0.717, 1.165) is 0 Å². The van der Waals surface area contributed by atoms with Crippen molar-refractivity contribution in [2.45, 2.75) is 21.6 Å². The van der Waals surface area contributed by atoms with Crippen LogP contribution in [0.4, 0.5) is 22.7 Å². The number of alkyl halides is 2. The van der Waals surface area contributed by atoms with Gasteiger partial charge >= 0.3 is 0 Å². The average molecular weight is 1010 g/mol. The molecular weight excluding hydrogens is 960 g/mol. The van der Waals surface area contributed by atoms with E-state index in [-0.39, 0.29) is 69.9 Å². The van der Waals surface area contributed by atoms with Gasteiger partial charge in [-0.15, -0.1) is 23.2 Å². The number of fused-ring (bicyclic) bond motifs is 6. The number of nitro benzene ring substituents is 2. The first-order valence-electron chi connectivity index (χ1n) is 21.2. The van der Waals surface area contributed by atoms with E-state index in [2.05, 4.69) is 9.44 Å². The molecular formula is C46H48Cl2N8O10S2. The topological polar surface area (TPSA) is 226 Å². The fourth-order valence-corrected chi connectivity index (χ4v) is 11.1. The van der Waals surface area contributed by atoms with E-state index in [1.165, 1.54) is 70.5 Å². The van der Waals surface area contributed by atoms with E-state index < -0.39 is 53.5 Å². The lowest BCUT2D eigenvalue weighted by Gasteiger charge is -2.16. The molecule has 0 saturated carbocycles. The number of benzene rings is 5. The second kappa shape index (κ2) is 20.4. The number of halogens is 2. The van der Waals surface area contributed by atoms with Crippen molar-refractivity contribution < 1.29 is 36.3 Å². The Labute approximate surface area is 403 Å². The predicted molar refractivity (Wildman–Crippen MR) is 265 cm³/mol. The molecule has 0 radical (unpaired) electrons. The summed E-state index contributed by atoms with van der Waals surface area (Å²) in [5.74, 6) is -1.63. The van der Waals surface area contributed by atoms with Gasteiger partial charge in [0.15, 0.2) is 0 Å². The van der Waals surface area contributed by atoms with Crippen molar-refractivity contribution in [3.63, 3.8) is 0 Å². The highest BCUT2D eigenvalue weighted by Crippen LogP contribution is 2.47. The molecule has 22 heteroatoms. The maximum absolute atomic E-state index is 13.8. The van der Waals surface area contributed by atoms with Crippen molar-refractivity contribution >= 4 is 112 Å². The Morgan fingerprint density at radius 3 is 1.40 bits per heavy atom. The van der Waals surface area contributed by atoms with Crippen molar-refractivity contribution in [1.82, 2.24) is 19.2 Å². The standard InChI is InChI=1S/C46H48Cl2N8O10S2/c1-51(2)18-16-49-67(63,64)33-10-12-35-37(21-33)39(55(59)60)23-41-45(35)31(25-47)27-53(41)43(57)14-8-29-6-5-7-30(20-29)9-15-44(58)54-28-32(26-48)46-36-13-11-34(68(65,66)50-17-19-52(3)4)22-38(36)40(56(61)62)24-42(46)54/h5-15,20-24,31-32,49-50H,16-19,25-28H2,1-4H3. The highest BCUT2D eigenvalue weighted by molar-refractivity contribution is 7.89. The van der Waals surface area contributed by atoms with Gasteiger partial charge in [-0.05, 0) is 104 Å². The van der Waals surface area contributed by atoms with Gasteiger partial charge in [-0.2, -0.15) is 0 Å². The van der Waals surface area contributed by atoms with Gasteiger partial charge in [-0.25, -0.2) is 26.3 Å². The number of likely N-dealkylation sites (N-methyl/N-ethyl adjacent to an activating group) is 2. The number of hydrogen-bond donors (Lipinski definition) is 2. The normalized spacial score (nSPS) is 16.2. The summed E-state index contributed by atoms with van der Waals surface area (Å²) in [7, 11) is -0.786. The van der Waals surface area contributed by atoms with Gasteiger partial charge in [0, 0.05) is 87.1 Å². The number of carbonyl (C=O) groups is 2. The summed E-state index contributed by atoms with van der Waals surface area (Å²) in [5.41, 5.74) is 2.19. The van der Waals surface area contributed by atoms with E-state index in [1.54, 1.807) is 64.6 Å². The summed E-state index contributed by atoms with van der Waals surface area (Å²) in [6.07, 6.45) is 5.77. The summed E-state index contributed by atoms with van der Waals surface area (Å²) in [4.78, 5) is 57.5. The van der Waals surface area contributed by atoms with Crippen LogP contribution < -0.4 is 19.2 Å². The fraction of sp³-hybridized carbons (Fsp3) is 0.304. The molecule has 5 aromatic carbocycles. The molecule has 0 aromatic heterocycles. The van der Waals surface area contributed by atoms with Crippen LogP contribution in [-0.2, 0) is 29.6 Å². The monoisotopic (exact) mass is 1010 g/mol. The molecule has 2 atom stereocenters. The van der Waals surface area contributed by atoms with Gasteiger partial charge in [-0.1, -0.05) is 30.3 Å². The van der Waals surface area contributed by atoms with Gasteiger partial charge in [0.05, 0.1) is 41.8 Å². The molecule has 0 bridgehead atoms. The van der Waals surface area contributed by atoms with Gasteiger partial charge in [0.2, 0.25) is 20.0 Å². The lowest BCUT2D eigenvalue weighted by atomic mass is 9.95. The lowest BCUT2D eigenvalue weighted by molar-refractivity contribution is -0.383. The highest BCUT2D eigenvalue weighted by atomic mass is 35.5. The van der Waals surface area contributed by atoms with Crippen molar-refractivity contribution in [1.29, 1.82) is 0 Å². The Hall–Kier alpha value is -5.84. The molecule has 0 aliphatic carbocycles.